The molecule has 0 aromatic carbocycles. The minimum atomic E-state index is 0.801. The highest BCUT2D eigenvalue weighted by molar-refractivity contribution is 7.13. The molecule has 0 atom stereocenters. The number of pyridine rings is 1. The number of aromatic nitrogens is 3. The summed E-state index contributed by atoms with van der Waals surface area (Å²) in [4.78, 5) is 5.57. The Bertz CT molecular complexity index is 595. The molecule has 3 rings (SSSR count). The van der Waals surface area contributed by atoms with Crippen molar-refractivity contribution in [3.63, 3.8) is 0 Å². The van der Waals surface area contributed by atoms with Gasteiger partial charge in [-0.05, 0) is 30.0 Å². The van der Waals surface area contributed by atoms with E-state index in [4.69, 9.17) is 0 Å². The number of nitrogens with zero attached hydrogens (tertiary/aromatic N) is 3. The Hall–Kier alpha value is -1.68. The molecule has 0 spiro atoms. The molecular formula is C11H9N3S. The number of hydrogen-bond acceptors (Lipinski definition) is 3. The number of thiophene rings is 1. The lowest BCUT2D eigenvalue weighted by atomic mass is 10.3. The van der Waals surface area contributed by atoms with E-state index in [1.807, 2.05) is 47.3 Å². The molecule has 3 heterocycles. The fraction of sp³-hybridized carbons (Fsp3) is 0.0909. The predicted molar refractivity (Wildman–Crippen MR) is 61.0 cm³/mol. The van der Waals surface area contributed by atoms with E-state index >= 15 is 0 Å². The zero-order valence-electron chi connectivity index (χ0n) is 8.21. The summed E-state index contributed by atoms with van der Waals surface area (Å²) in [5.74, 6) is 0.801. The summed E-state index contributed by atoms with van der Waals surface area (Å²) in [7, 11) is 0. The number of hydrogen-bond donors (Lipinski definition) is 0. The van der Waals surface area contributed by atoms with E-state index in [1.165, 1.54) is 5.56 Å². The van der Waals surface area contributed by atoms with Crippen LogP contribution in [0.1, 0.15) is 5.56 Å². The Balaban J connectivity index is 2.22. The van der Waals surface area contributed by atoms with Crippen molar-refractivity contribution in [2.75, 3.05) is 0 Å². The Morgan fingerprint density at radius 2 is 2.20 bits per heavy atom. The van der Waals surface area contributed by atoms with Crippen molar-refractivity contribution in [2.45, 2.75) is 6.92 Å². The van der Waals surface area contributed by atoms with Crippen LogP contribution in [0.15, 0.2) is 35.8 Å². The van der Waals surface area contributed by atoms with Crippen molar-refractivity contribution in [3.05, 3.63) is 41.4 Å². The van der Waals surface area contributed by atoms with E-state index in [0.717, 1.165) is 16.3 Å². The molecule has 0 aliphatic carbocycles. The molecule has 0 fully saturated rings. The minimum absolute atomic E-state index is 0.801. The SMILES string of the molecule is Cc1ccc2nc(-c3cccs3)nn2c1. The molecule has 3 aromatic rings. The van der Waals surface area contributed by atoms with Crippen molar-refractivity contribution in [2.24, 2.45) is 0 Å². The summed E-state index contributed by atoms with van der Waals surface area (Å²) in [5, 5.41) is 6.47. The van der Waals surface area contributed by atoms with Gasteiger partial charge in [0.1, 0.15) is 0 Å². The molecule has 15 heavy (non-hydrogen) atoms. The van der Waals surface area contributed by atoms with Crippen molar-refractivity contribution in [1.82, 2.24) is 14.6 Å². The Kier molecular flexibility index (Phi) is 1.82. The summed E-state index contributed by atoms with van der Waals surface area (Å²) >= 11 is 1.66. The maximum absolute atomic E-state index is 4.46. The van der Waals surface area contributed by atoms with Gasteiger partial charge in [-0.15, -0.1) is 16.4 Å². The first-order valence-corrected chi connectivity index (χ1v) is 5.58. The summed E-state index contributed by atoms with van der Waals surface area (Å²) in [6.07, 6.45) is 1.99. The quantitative estimate of drug-likeness (QED) is 0.624. The van der Waals surface area contributed by atoms with Crippen molar-refractivity contribution >= 4 is 17.0 Å². The van der Waals surface area contributed by atoms with Gasteiger partial charge in [0, 0.05) is 6.20 Å². The van der Waals surface area contributed by atoms with E-state index in [-0.39, 0.29) is 0 Å². The van der Waals surface area contributed by atoms with E-state index < -0.39 is 0 Å². The first-order valence-electron chi connectivity index (χ1n) is 4.70. The summed E-state index contributed by atoms with van der Waals surface area (Å²) in [6.45, 7) is 2.05. The molecule has 0 saturated heterocycles. The predicted octanol–water partition coefficient (Wildman–Crippen LogP) is 2.77. The van der Waals surface area contributed by atoms with E-state index in [9.17, 15) is 0 Å². The molecule has 0 aliphatic heterocycles. The van der Waals surface area contributed by atoms with Gasteiger partial charge < -0.3 is 0 Å². The van der Waals surface area contributed by atoms with Crippen LogP contribution < -0.4 is 0 Å². The summed E-state index contributed by atoms with van der Waals surface area (Å²) in [6, 6.07) is 8.07. The highest BCUT2D eigenvalue weighted by Crippen LogP contribution is 2.21. The standard InChI is InChI=1S/C11H9N3S/c1-8-4-5-10-12-11(13-14(10)7-8)9-3-2-6-15-9/h2-7H,1H3. The summed E-state index contributed by atoms with van der Waals surface area (Å²) < 4.78 is 1.82. The lowest BCUT2D eigenvalue weighted by Crippen LogP contribution is -1.87. The van der Waals surface area contributed by atoms with Gasteiger partial charge in [0.15, 0.2) is 11.5 Å². The third-order valence-electron chi connectivity index (χ3n) is 2.22. The highest BCUT2D eigenvalue weighted by Gasteiger charge is 2.06. The van der Waals surface area contributed by atoms with Crippen LogP contribution in [0.5, 0.6) is 0 Å². The van der Waals surface area contributed by atoms with Crippen LogP contribution >= 0.6 is 11.3 Å². The third kappa shape index (κ3) is 1.43. The maximum Gasteiger partial charge on any atom is 0.192 e. The molecule has 3 nitrogen and oxygen atoms in total. The number of rotatable bonds is 1. The maximum atomic E-state index is 4.46. The number of fused-ring (bicyclic) bond motifs is 1. The van der Waals surface area contributed by atoms with Crippen LogP contribution in [0.3, 0.4) is 0 Å². The lowest BCUT2D eigenvalue weighted by molar-refractivity contribution is 0.957. The smallest absolute Gasteiger partial charge is 0.192 e. The van der Waals surface area contributed by atoms with Crippen LogP contribution in [0.25, 0.3) is 16.3 Å². The Morgan fingerprint density at radius 1 is 1.27 bits per heavy atom. The van der Waals surface area contributed by atoms with Gasteiger partial charge >= 0.3 is 0 Å². The second-order valence-electron chi connectivity index (χ2n) is 3.42. The van der Waals surface area contributed by atoms with Gasteiger partial charge in [-0.2, -0.15) is 0 Å². The van der Waals surface area contributed by atoms with Gasteiger partial charge in [-0.1, -0.05) is 12.1 Å². The zero-order valence-corrected chi connectivity index (χ0v) is 9.03. The zero-order chi connectivity index (χ0) is 10.3. The van der Waals surface area contributed by atoms with Gasteiger partial charge in [0.25, 0.3) is 0 Å². The van der Waals surface area contributed by atoms with Crippen molar-refractivity contribution < 1.29 is 0 Å². The minimum Gasteiger partial charge on any atom is -0.220 e. The van der Waals surface area contributed by atoms with Crippen molar-refractivity contribution in [1.29, 1.82) is 0 Å². The lowest BCUT2D eigenvalue weighted by Gasteiger charge is -1.91. The van der Waals surface area contributed by atoms with Crippen LogP contribution in [-0.4, -0.2) is 14.6 Å². The van der Waals surface area contributed by atoms with Crippen LogP contribution in [0.2, 0.25) is 0 Å². The van der Waals surface area contributed by atoms with Gasteiger partial charge in [0.2, 0.25) is 0 Å². The van der Waals surface area contributed by atoms with Crippen LogP contribution in [0, 0.1) is 6.92 Å². The largest absolute Gasteiger partial charge is 0.220 e. The fourth-order valence-electron chi connectivity index (χ4n) is 1.50. The van der Waals surface area contributed by atoms with Crippen LogP contribution in [0.4, 0.5) is 0 Å². The molecule has 0 bridgehead atoms. The van der Waals surface area contributed by atoms with Crippen LogP contribution in [-0.2, 0) is 0 Å². The first kappa shape index (κ1) is 8.61. The summed E-state index contributed by atoms with van der Waals surface area (Å²) in [5.41, 5.74) is 2.08. The molecule has 74 valence electrons. The Labute approximate surface area is 91.0 Å². The molecule has 0 aliphatic rings. The number of aryl methyl sites for hydroxylation is 1. The molecular weight excluding hydrogens is 206 g/mol. The van der Waals surface area contributed by atoms with E-state index in [2.05, 4.69) is 10.1 Å². The second kappa shape index (κ2) is 3.17. The molecule has 4 heteroatoms. The molecule has 0 amide bonds. The first-order chi connectivity index (χ1) is 7.33. The fourth-order valence-corrected chi connectivity index (χ4v) is 2.15. The van der Waals surface area contributed by atoms with E-state index in [0.29, 0.717) is 0 Å². The van der Waals surface area contributed by atoms with Gasteiger partial charge in [-0.3, -0.25) is 0 Å². The average molecular weight is 215 g/mol. The molecule has 0 saturated carbocycles. The highest BCUT2D eigenvalue weighted by atomic mass is 32.1. The molecule has 0 radical (unpaired) electrons. The second-order valence-corrected chi connectivity index (χ2v) is 4.37. The molecule has 0 N–H and O–H groups in total. The average Bonchev–Trinajstić information content (AvgIpc) is 2.84. The topological polar surface area (TPSA) is 30.2 Å². The van der Waals surface area contributed by atoms with Gasteiger partial charge in [0.05, 0.1) is 4.88 Å². The van der Waals surface area contributed by atoms with Gasteiger partial charge in [-0.25, -0.2) is 9.50 Å². The van der Waals surface area contributed by atoms with E-state index in [1.54, 1.807) is 11.3 Å². The van der Waals surface area contributed by atoms with Crippen molar-refractivity contribution in [3.8, 4) is 10.7 Å². The Morgan fingerprint density at radius 3 is 3.00 bits per heavy atom. The molecule has 3 aromatic heterocycles. The monoisotopic (exact) mass is 215 g/mol. The normalized spacial score (nSPS) is 11.0. The molecule has 0 unspecified atom stereocenters. The third-order valence-corrected chi connectivity index (χ3v) is 3.09.